The molecule has 0 spiro atoms. The number of rotatable bonds is 9. The first-order chi connectivity index (χ1) is 17.2. The van der Waals surface area contributed by atoms with E-state index < -0.39 is 17.8 Å². The molecule has 188 valence electrons. The van der Waals surface area contributed by atoms with Crippen molar-refractivity contribution in [1.82, 2.24) is 5.32 Å². The largest absolute Gasteiger partial charge is 0.490 e. The lowest BCUT2D eigenvalue weighted by atomic mass is 10.0. The summed E-state index contributed by atoms with van der Waals surface area (Å²) in [6.07, 6.45) is 2.87. The normalized spacial score (nSPS) is 11.2. The number of carboxylic acid groups (broad SMARTS) is 1. The van der Waals surface area contributed by atoms with Crippen molar-refractivity contribution in [3.8, 4) is 16.9 Å². The van der Waals surface area contributed by atoms with Crippen molar-refractivity contribution in [2.75, 3.05) is 18.5 Å². The lowest BCUT2D eigenvalue weighted by Crippen LogP contribution is -2.33. The van der Waals surface area contributed by atoms with Crippen molar-refractivity contribution in [3.05, 3.63) is 90.0 Å². The third kappa shape index (κ3) is 8.83. The zero-order chi connectivity index (χ0) is 26.0. The molecule has 3 N–H and O–H groups in total. The number of hydrogen-bond acceptors (Lipinski definition) is 4. The molecule has 0 radical (unpaired) electrons. The first-order valence-electron chi connectivity index (χ1n) is 11.7. The Morgan fingerprint density at radius 3 is 2.47 bits per heavy atom. The van der Waals surface area contributed by atoms with E-state index in [1.165, 1.54) is 0 Å². The van der Waals surface area contributed by atoms with E-state index in [0.717, 1.165) is 28.0 Å². The van der Waals surface area contributed by atoms with E-state index in [1.807, 2.05) is 99.7 Å². The van der Waals surface area contributed by atoms with Crippen LogP contribution in [0.15, 0.2) is 78.9 Å². The van der Waals surface area contributed by atoms with E-state index in [4.69, 9.17) is 9.47 Å². The third-order valence-electron chi connectivity index (χ3n) is 5.01. The van der Waals surface area contributed by atoms with E-state index in [0.29, 0.717) is 25.3 Å². The summed E-state index contributed by atoms with van der Waals surface area (Å²) >= 11 is 0. The molecule has 3 aromatic carbocycles. The number of hydrogen-bond donors (Lipinski definition) is 3. The number of benzene rings is 3. The fraction of sp³-hybridized carbons (Fsp3) is 0.241. The molecule has 0 aliphatic carbocycles. The molecular formula is C29H32N2O5. The fourth-order valence-electron chi connectivity index (χ4n) is 3.50. The van der Waals surface area contributed by atoms with Crippen LogP contribution in [-0.2, 0) is 11.2 Å². The summed E-state index contributed by atoms with van der Waals surface area (Å²) in [5, 5.41) is 14.5. The van der Waals surface area contributed by atoms with Crippen molar-refractivity contribution in [1.29, 1.82) is 0 Å². The molecule has 7 heteroatoms. The molecule has 36 heavy (non-hydrogen) atoms. The van der Waals surface area contributed by atoms with Crippen LogP contribution in [0.5, 0.6) is 5.75 Å². The summed E-state index contributed by atoms with van der Waals surface area (Å²) in [6, 6.07) is 23.0. The Hall–Kier alpha value is -4.26. The van der Waals surface area contributed by atoms with Crippen LogP contribution in [0.2, 0.25) is 0 Å². The van der Waals surface area contributed by atoms with Crippen LogP contribution < -0.4 is 15.4 Å². The summed E-state index contributed by atoms with van der Waals surface area (Å²) < 4.78 is 11.1. The Morgan fingerprint density at radius 2 is 1.75 bits per heavy atom. The quantitative estimate of drug-likeness (QED) is 0.315. The molecule has 3 rings (SSSR count). The van der Waals surface area contributed by atoms with Gasteiger partial charge in [0.15, 0.2) is 0 Å². The molecule has 0 saturated carbocycles. The predicted octanol–water partition coefficient (Wildman–Crippen LogP) is 6.60. The molecule has 0 heterocycles. The van der Waals surface area contributed by atoms with Gasteiger partial charge in [0, 0.05) is 12.1 Å². The second-order valence-electron chi connectivity index (χ2n) is 9.14. The Bertz CT molecular complexity index is 1200. The lowest BCUT2D eigenvalue weighted by molar-refractivity contribution is 0.0528. The van der Waals surface area contributed by atoms with Gasteiger partial charge in [-0.25, -0.2) is 9.59 Å². The number of alkyl carbamates (subject to hydrolysis) is 1. The molecule has 0 fully saturated rings. The van der Waals surface area contributed by atoms with Gasteiger partial charge < -0.3 is 19.9 Å². The van der Waals surface area contributed by atoms with E-state index in [9.17, 15) is 14.7 Å². The second kappa shape index (κ2) is 12.4. The number of carbonyl (C=O) groups excluding carboxylic acids is 1. The molecule has 0 atom stereocenters. The summed E-state index contributed by atoms with van der Waals surface area (Å²) in [7, 11) is 0. The maximum Gasteiger partial charge on any atom is 0.409 e. The van der Waals surface area contributed by atoms with Gasteiger partial charge in [-0.05, 0) is 68.2 Å². The van der Waals surface area contributed by atoms with Crippen molar-refractivity contribution in [2.24, 2.45) is 0 Å². The van der Waals surface area contributed by atoms with E-state index >= 15 is 0 Å². The minimum absolute atomic E-state index is 0.349. The van der Waals surface area contributed by atoms with Crippen LogP contribution in [0.25, 0.3) is 17.2 Å². The maximum atomic E-state index is 11.8. The number of carbonyl (C=O) groups is 2. The molecule has 7 nitrogen and oxygen atoms in total. The van der Waals surface area contributed by atoms with Gasteiger partial charge in [-0.2, -0.15) is 0 Å². The SMILES string of the molecule is CC(C)(C)OC(=O)NCCc1cccc(OC/C=C/c2ccc(-c3ccccc3)c(NC(=O)O)c2)c1. The van der Waals surface area contributed by atoms with Crippen LogP contribution in [0, 0.1) is 0 Å². The van der Waals surface area contributed by atoms with E-state index in [1.54, 1.807) is 6.07 Å². The first kappa shape index (κ1) is 26.3. The highest BCUT2D eigenvalue weighted by Crippen LogP contribution is 2.29. The van der Waals surface area contributed by atoms with E-state index in [-0.39, 0.29) is 0 Å². The van der Waals surface area contributed by atoms with Crippen molar-refractivity contribution >= 4 is 23.9 Å². The summed E-state index contributed by atoms with van der Waals surface area (Å²) in [5.41, 5.74) is 3.62. The Labute approximate surface area is 211 Å². The molecule has 0 bridgehead atoms. The molecule has 0 aromatic heterocycles. The molecule has 0 saturated heterocycles. The second-order valence-corrected chi connectivity index (χ2v) is 9.14. The molecule has 0 aliphatic heterocycles. The van der Waals surface area contributed by atoms with Gasteiger partial charge in [0.25, 0.3) is 0 Å². The average Bonchev–Trinajstić information content (AvgIpc) is 2.81. The van der Waals surface area contributed by atoms with Gasteiger partial charge in [-0.3, -0.25) is 5.32 Å². The fourth-order valence-corrected chi connectivity index (χ4v) is 3.50. The number of ether oxygens (including phenoxy) is 2. The van der Waals surface area contributed by atoms with Crippen molar-refractivity contribution in [2.45, 2.75) is 32.8 Å². The summed E-state index contributed by atoms with van der Waals surface area (Å²) in [5.74, 6) is 0.724. The standard InChI is InChI=1S/C29H32N2O5/c1-29(2,3)36-28(34)30-17-16-22-9-7-13-24(19-22)35-18-8-10-21-14-15-25(23-11-5-4-6-12-23)26(20-21)31-27(32)33/h4-15,19-20,31H,16-18H2,1-3H3,(H,30,34)(H,32,33)/b10-8+. The highest BCUT2D eigenvalue weighted by atomic mass is 16.6. The molecule has 0 unspecified atom stereocenters. The van der Waals surface area contributed by atoms with Crippen molar-refractivity contribution < 1.29 is 24.2 Å². The molecule has 0 aliphatic rings. The number of nitrogens with one attached hydrogen (secondary N) is 2. The smallest absolute Gasteiger partial charge is 0.409 e. The summed E-state index contributed by atoms with van der Waals surface area (Å²) in [6.45, 7) is 6.29. The average molecular weight is 489 g/mol. The lowest BCUT2D eigenvalue weighted by Gasteiger charge is -2.19. The first-order valence-corrected chi connectivity index (χ1v) is 11.7. The maximum absolute atomic E-state index is 11.8. The van der Waals surface area contributed by atoms with Crippen LogP contribution in [0.4, 0.5) is 15.3 Å². The Balaban J connectivity index is 1.55. The van der Waals surface area contributed by atoms with Crippen LogP contribution in [0.3, 0.4) is 0 Å². The van der Waals surface area contributed by atoms with Crippen LogP contribution in [-0.4, -0.2) is 36.0 Å². The van der Waals surface area contributed by atoms with E-state index in [2.05, 4.69) is 10.6 Å². The highest BCUT2D eigenvalue weighted by Gasteiger charge is 2.15. The zero-order valence-electron chi connectivity index (χ0n) is 20.8. The number of amides is 2. The van der Waals surface area contributed by atoms with Gasteiger partial charge in [0.2, 0.25) is 0 Å². The predicted molar refractivity (Wildman–Crippen MR) is 142 cm³/mol. The Morgan fingerprint density at radius 1 is 0.972 bits per heavy atom. The van der Waals surface area contributed by atoms with Crippen LogP contribution in [0.1, 0.15) is 31.9 Å². The minimum Gasteiger partial charge on any atom is -0.490 e. The third-order valence-corrected chi connectivity index (χ3v) is 5.01. The zero-order valence-corrected chi connectivity index (χ0v) is 20.8. The van der Waals surface area contributed by atoms with Gasteiger partial charge in [0.1, 0.15) is 18.0 Å². The Kier molecular flexibility index (Phi) is 9.11. The molecule has 3 aromatic rings. The van der Waals surface area contributed by atoms with Crippen molar-refractivity contribution in [3.63, 3.8) is 0 Å². The molecule has 2 amide bonds. The topological polar surface area (TPSA) is 96.9 Å². The van der Waals surface area contributed by atoms with Crippen LogP contribution >= 0.6 is 0 Å². The van der Waals surface area contributed by atoms with Gasteiger partial charge in [-0.15, -0.1) is 0 Å². The van der Waals surface area contributed by atoms with Gasteiger partial charge >= 0.3 is 12.2 Å². The minimum atomic E-state index is -1.11. The van der Waals surface area contributed by atoms with Gasteiger partial charge in [-0.1, -0.05) is 60.7 Å². The van der Waals surface area contributed by atoms with Gasteiger partial charge in [0.05, 0.1) is 5.69 Å². The molecular weight excluding hydrogens is 456 g/mol. The highest BCUT2D eigenvalue weighted by molar-refractivity contribution is 5.91. The summed E-state index contributed by atoms with van der Waals surface area (Å²) in [4.78, 5) is 23.1. The monoisotopic (exact) mass is 488 g/mol. The number of anilines is 1.